The van der Waals surface area contributed by atoms with E-state index in [1.165, 1.54) is 19.2 Å². The lowest BCUT2D eigenvalue weighted by atomic mass is 9.86. The van der Waals surface area contributed by atoms with E-state index in [1.807, 2.05) is 60.7 Å². The molecule has 9 nitrogen and oxygen atoms in total. The van der Waals surface area contributed by atoms with E-state index in [0.717, 1.165) is 5.56 Å². The predicted molar refractivity (Wildman–Crippen MR) is 136 cm³/mol. The summed E-state index contributed by atoms with van der Waals surface area (Å²) in [7, 11) is 2.46. The van der Waals surface area contributed by atoms with Gasteiger partial charge in [-0.2, -0.15) is 5.01 Å². The summed E-state index contributed by atoms with van der Waals surface area (Å²) in [6.45, 7) is 0. The topological polar surface area (TPSA) is 105 Å². The Labute approximate surface area is 219 Å². The quantitative estimate of drug-likeness (QED) is 0.506. The molecule has 2 aliphatic rings. The maximum Gasteiger partial charge on any atom is 0.331 e. The minimum Gasteiger partial charge on any atom is -0.469 e. The number of nitrogens with zero attached hydrogens (tertiary/aromatic N) is 2. The number of benzene rings is 3. The van der Waals surface area contributed by atoms with Gasteiger partial charge in [-0.05, 0) is 23.3 Å². The molecule has 0 bridgehead atoms. The molecule has 3 aromatic rings. The fourth-order valence-corrected chi connectivity index (χ4v) is 5.48. The molecule has 38 heavy (non-hydrogen) atoms. The van der Waals surface area contributed by atoms with E-state index in [1.54, 1.807) is 35.3 Å². The molecule has 9 heteroatoms. The highest BCUT2D eigenvalue weighted by Gasteiger charge is 2.65. The second kappa shape index (κ2) is 10.5. The minimum atomic E-state index is -1.28. The van der Waals surface area contributed by atoms with E-state index < -0.39 is 53.8 Å². The Morgan fingerprint density at radius 3 is 1.74 bits per heavy atom. The Balaban J connectivity index is 1.68. The third-order valence-corrected chi connectivity index (χ3v) is 7.09. The average molecular weight is 514 g/mol. The average Bonchev–Trinajstić information content (AvgIpc) is 3.45. The lowest BCUT2D eigenvalue weighted by Gasteiger charge is -2.33. The number of ether oxygens (including phenoxy) is 2. The maximum absolute atomic E-state index is 14.1. The summed E-state index contributed by atoms with van der Waals surface area (Å²) in [5.41, 5.74) is 1.84. The Kier molecular flexibility index (Phi) is 6.93. The molecule has 2 aliphatic heterocycles. The molecule has 2 saturated heterocycles. The third-order valence-electron chi connectivity index (χ3n) is 7.09. The SMILES string of the molecule is COC(=O)[C@@H]1[C@@H](C(=O)OC)N2C(=O)[C@@H](NC(=O)c3ccccc3)[C@H](c3ccccc3)N2[C@H]1c1ccccc1. The molecular formula is C29H27N3O6. The lowest BCUT2D eigenvalue weighted by Crippen LogP contribution is -2.50. The highest BCUT2D eigenvalue weighted by atomic mass is 16.5. The predicted octanol–water partition coefficient (Wildman–Crippen LogP) is 2.67. The van der Waals surface area contributed by atoms with Gasteiger partial charge in [0, 0.05) is 5.56 Å². The van der Waals surface area contributed by atoms with Crippen molar-refractivity contribution in [2.45, 2.75) is 24.2 Å². The number of amides is 2. The van der Waals surface area contributed by atoms with Crippen molar-refractivity contribution in [2.24, 2.45) is 5.92 Å². The van der Waals surface area contributed by atoms with Crippen LogP contribution in [0.3, 0.4) is 0 Å². The minimum absolute atomic E-state index is 0.394. The molecule has 2 fully saturated rings. The van der Waals surface area contributed by atoms with Gasteiger partial charge in [-0.15, -0.1) is 0 Å². The number of esters is 2. The van der Waals surface area contributed by atoms with Crippen molar-refractivity contribution in [3.05, 3.63) is 108 Å². The smallest absolute Gasteiger partial charge is 0.331 e. The van der Waals surface area contributed by atoms with E-state index in [4.69, 9.17) is 9.47 Å². The third kappa shape index (κ3) is 4.20. The standard InChI is InChI=1S/C29H27N3O6/c1-37-28(35)21-23(18-12-6-3-7-13-18)31-24(19-14-8-4-9-15-19)22(27(34)32(31)25(21)29(36)38-2)30-26(33)20-16-10-5-11-17-20/h3-17,21-25H,1-2H3,(H,30,33)/t21-,22-,23-,24-,25-/m0/s1. The lowest BCUT2D eigenvalue weighted by molar-refractivity contribution is -0.161. The van der Waals surface area contributed by atoms with Gasteiger partial charge in [-0.3, -0.25) is 19.4 Å². The van der Waals surface area contributed by atoms with E-state index in [2.05, 4.69) is 5.32 Å². The summed E-state index contributed by atoms with van der Waals surface area (Å²) < 4.78 is 10.2. The van der Waals surface area contributed by atoms with Crippen LogP contribution in [-0.4, -0.2) is 60.1 Å². The van der Waals surface area contributed by atoms with Crippen molar-refractivity contribution in [3.63, 3.8) is 0 Å². The molecule has 0 aromatic heterocycles. The van der Waals surface area contributed by atoms with Gasteiger partial charge in [0.15, 0.2) is 6.04 Å². The van der Waals surface area contributed by atoms with Crippen molar-refractivity contribution in [2.75, 3.05) is 14.2 Å². The number of hydrazine groups is 1. The van der Waals surface area contributed by atoms with Crippen LogP contribution in [0.25, 0.3) is 0 Å². The molecular weight excluding hydrogens is 486 g/mol. The first kappa shape index (κ1) is 25.2. The Hall–Kier alpha value is -4.50. The van der Waals surface area contributed by atoms with Gasteiger partial charge in [-0.1, -0.05) is 78.9 Å². The zero-order valence-corrected chi connectivity index (χ0v) is 20.9. The van der Waals surface area contributed by atoms with Crippen LogP contribution in [0.5, 0.6) is 0 Å². The van der Waals surface area contributed by atoms with Crippen LogP contribution in [0.2, 0.25) is 0 Å². The molecule has 1 N–H and O–H groups in total. The van der Waals surface area contributed by atoms with E-state index >= 15 is 0 Å². The molecule has 0 unspecified atom stereocenters. The maximum atomic E-state index is 14.1. The molecule has 0 radical (unpaired) electrons. The van der Waals surface area contributed by atoms with Gasteiger partial charge in [0.25, 0.3) is 11.8 Å². The number of methoxy groups -OCH3 is 2. The van der Waals surface area contributed by atoms with E-state index in [9.17, 15) is 19.2 Å². The molecule has 5 rings (SSSR count). The molecule has 3 aromatic carbocycles. The zero-order valence-electron chi connectivity index (χ0n) is 20.9. The summed E-state index contributed by atoms with van der Waals surface area (Å²) in [6.07, 6.45) is 0. The van der Waals surface area contributed by atoms with Gasteiger partial charge in [0.1, 0.15) is 12.0 Å². The van der Waals surface area contributed by atoms with E-state index in [-0.39, 0.29) is 0 Å². The first-order chi connectivity index (χ1) is 18.5. The largest absolute Gasteiger partial charge is 0.469 e. The highest BCUT2D eigenvalue weighted by molar-refractivity contribution is 6.00. The summed E-state index contributed by atoms with van der Waals surface area (Å²) in [5.74, 6) is -3.41. The van der Waals surface area contributed by atoms with E-state index in [0.29, 0.717) is 11.1 Å². The Morgan fingerprint density at radius 1 is 0.711 bits per heavy atom. The van der Waals surface area contributed by atoms with Gasteiger partial charge in [0.05, 0.1) is 26.3 Å². The van der Waals surface area contributed by atoms with Crippen LogP contribution < -0.4 is 5.32 Å². The molecule has 5 atom stereocenters. The number of hydrogen-bond donors (Lipinski definition) is 1. The second-order valence-electron chi connectivity index (χ2n) is 9.11. The summed E-state index contributed by atoms with van der Waals surface area (Å²) in [6, 6.07) is 23.2. The first-order valence-electron chi connectivity index (χ1n) is 12.2. The van der Waals surface area contributed by atoms with Crippen molar-refractivity contribution in [1.82, 2.24) is 15.3 Å². The summed E-state index contributed by atoms with van der Waals surface area (Å²) in [4.78, 5) is 53.7. The van der Waals surface area contributed by atoms with Crippen molar-refractivity contribution < 1.29 is 28.7 Å². The number of carbonyl (C=O) groups is 4. The summed E-state index contributed by atoms with van der Waals surface area (Å²) in [5, 5.41) is 5.89. The molecule has 0 aliphatic carbocycles. The van der Waals surface area contributed by atoms with Crippen LogP contribution >= 0.6 is 0 Å². The second-order valence-corrected chi connectivity index (χ2v) is 9.11. The number of rotatable bonds is 6. The Bertz CT molecular complexity index is 1330. The number of nitrogens with one attached hydrogen (secondary N) is 1. The van der Waals surface area contributed by atoms with Crippen LogP contribution in [0, 0.1) is 5.92 Å². The first-order valence-corrected chi connectivity index (χ1v) is 12.2. The van der Waals surface area contributed by atoms with Crippen molar-refractivity contribution >= 4 is 23.8 Å². The van der Waals surface area contributed by atoms with Crippen LogP contribution in [-0.2, 0) is 23.9 Å². The van der Waals surface area contributed by atoms with Gasteiger partial charge >= 0.3 is 11.9 Å². The van der Waals surface area contributed by atoms with Gasteiger partial charge in [-0.25, -0.2) is 4.79 Å². The van der Waals surface area contributed by atoms with Crippen molar-refractivity contribution in [3.8, 4) is 0 Å². The normalized spacial score (nSPS) is 24.5. The monoisotopic (exact) mass is 513 g/mol. The van der Waals surface area contributed by atoms with Gasteiger partial charge < -0.3 is 14.8 Å². The number of carbonyl (C=O) groups excluding carboxylic acids is 4. The fraction of sp³-hybridized carbons (Fsp3) is 0.241. The molecule has 194 valence electrons. The molecule has 2 heterocycles. The summed E-state index contributed by atoms with van der Waals surface area (Å²) >= 11 is 0. The van der Waals surface area contributed by atoms with Crippen LogP contribution in [0.4, 0.5) is 0 Å². The van der Waals surface area contributed by atoms with Gasteiger partial charge in [0.2, 0.25) is 0 Å². The van der Waals surface area contributed by atoms with Crippen molar-refractivity contribution in [1.29, 1.82) is 0 Å². The molecule has 2 amide bonds. The highest BCUT2D eigenvalue weighted by Crippen LogP contribution is 2.51. The number of hydrogen-bond acceptors (Lipinski definition) is 7. The Morgan fingerprint density at radius 2 is 1.21 bits per heavy atom. The molecule has 0 saturated carbocycles. The number of fused-ring (bicyclic) bond motifs is 1. The van der Waals surface area contributed by atoms with Crippen LogP contribution in [0.1, 0.15) is 33.6 Å². The van der Waals surface area contributed by atoms with Crippen LogP contribution in [0.15, 0.2) is 91.0 Å². The zero-order chi connectivity index (χ0) is 26.8. The fourth-order valence-electron chi connectivity index (χ4n) is 5.48. The molecule has 0 spiro atoms.